The normalized spacial score (nSPS) is 33.7. The first-order chi connectivity index (χ1) is 11.2. The van der Waals surface area contributed by atoms with Crippen molar-refractivity contribution in [3.05, 3.63) is 0 Å². The third kappa shape index (κ3) is 5.15. The van der Waals surface area contributed by atoms with Crippen molar-refractivity contribution in [2.75, 3.05) is 26.3 Å². The summed E-state index contributed by atoms with van der Waals surface area (Å²) in [7, 11) is 0. The van der Waals surface area contributed by atoms with Gasteiger partial charge in [0.25, 0.3) is 0 Å². The summed E-state index contributed by atoms with van der Waals surface area (Å²) in [5.41, 5.74) is 0. The van der Waals surface area contributed by atoms with E-state index in [0.717, 1.165) is 38.6 Å². The fourth-order valence-electron chi connectivity index (χ4n) is 4.87. The molecular formula is C19H36N2O2. The molecule has 4 nitrogen and oxygen atoms in total. The molecule has 2 aliphatic heterocycles. The zero-order valence-corrected chi connectivity index (χ0v) is 14.9. The molecule has 0 aromatic heterocycles. The monoisotopic (exact) mass is 324 g/mol. The number of hydrogen-bond acceptors (Lipinski definition) is 4. The van der Waals surface area contributed by atoms with Crippen molar-refractivity contribution in [3.8, 4) is 0 Å². The maximum absolute atomic E-state index is 10.2. The van der Waals surface area contributed by atoms with Gasteiger partial charge in [-0.25, -0.2) is 0 Å². The molecular weight excluding hydrogens is 288 g/mol. The van der Waals surface area contributed by atoms with Crippen LogP contribution < -0.4 is 5.32 Å². The summed E-state index contributed by atoms with van der Waals surface area (Å²) in [5.74, 6) is 0.851. The van der Waals surface area contributed by atoms with E-state index in [-0.39, 0.29) is 6.10 Å². The minimum absolute atomic E-state index is 0.0827. The second kappa shape index (κ2) is 8.80. The van der Waals surface area contributed by atoms with Gasteiger partial charge in [-0.3, -0.25) is 4.90 Å². The predicted octanol–water partition coefficient (Wildman–Crippen LogP) is 2.55. The topological polar surface area (TPSA) is 44.7 Å². The van der Waals surface area contributed by atoms with Gasteiger partial charge >= 0.3 is 0 Å². The number of likely N-dealkylation sites (tertiary alicyclic amines) is 1. The van der Waals surface area contributed by atoms with Gasteiger partial charge in [0.15, 0.2) is 0 Å². The van der Waals surface area contributed by atoms with E-state index in [4.69, 9.17) is 4.74 Å². The Labute approximate surface area is 142 Å². The van der Waals surface area contributed by atoms with Crippen LogP contribution in [0.2, 0.25) is 0 Å². The third-order valence-electron chi connectivity index (χ3n) is 6.24. The molecule has 3 unspecified atom stereocenters. The van der Waals surface area contributed by atoms with Crippen LogP contribution in [-0.2, 0) is 4.74 Å². The molecule has 2 heterocycles. The molecule has 0 radical (unpaired) electrons. The Morgan fingerprint density at radius 2 is 1.74 bits per heavy atom. The molecule has 0 aromatic rings. The van der Waals surface area contributed by atoms with Gasteiger partial charge in [-0.1, -0.05) is 12.8 Å². The Kier molecular flexibility index (Phi) is 6.75. The van der Waals surface area contributed by atoms with E-state index in [1.807, 2.05) is 0 Å². The van der Waals surface area contributed by atoms with Crippen molar-refractivity contribution >= 4 is 0 Å². The van der Waals surface area contributed by atoms with Crippen LogP contribution in [0.4, 0.5) is 0 Å². The lowest BCUT2D eigenvalue weighted by atomic mass is 9.89. The number of nitrogens with one attached hydrogen (secondary N) is 1. The SMILES string of the molecule is CC(CC1CCOCC1)NC1CCN(C2CCCCC2O)CC1. The lowest BCUT2D eigenvalue weighted by Gasteiger charge is -2.42. The minimum Gasteiger partial charge on any atom is -0.391 e. The first-order valence-corrected chi connectivity index (χ1v) is 9.98. The van der Waals surface area contributed by atoms with Gasteiger partial charge in [0, 0.05) is 44.4 Å². The first kappa shape index (κ1) is 17.7. The smallest absolute Gasteiger partial charge is 0.0695 e. The fraction of sp³-hybridized carbons (Fsp3) is 1.00. The molecule has 2 N–H and O–H groups in total. The molecule has 3 fully saturated rings. The van der Waals surface area contributed by atoms with Gasteiger partial charge in [-0.05, 0) is 57.8 Å². The van der Waals surface area contributed by atoms with Crippen LogP contribution in [0.15, 0.2) is 0 Å². The van der Waals surface area contributed by atoms with Crippen LogP contribution in [0.5, 0.6) is 0 Å². The summed E-state index contributed by atoms with van der Waals surface area (Å²) in [6, 6.07) is 1.72. The Morgan fingerprint density at radius 1 is 1.04 bits per heavy atom. The Balaban J connectivity index is 1.36. The average Bonchev–Trinajstić information content (AvgIpc) is 2.57. The standard InChI is InChI=1S/C19H36N2O2/c1-15(14-16-8-12-23-13-9-16)20-17-6-10-21(11-7-17)18-4-2-3-5-19(18)22/h15-20,22H,2-14H2,1H3. The highest BCUT2D eigenvalue weighted by molar-refractivity contribution is 4.88. The summed E-state index contributed by atoms with van der Waals surface area (Å²) in [4.78, 5) is 2.56. The third-order valence-corrected chi connectivity index (χ3v) is 6.24. The van der Waals surface area contributed by atoms with Crippen LogP contribution in [-0.4, -0.2) is 60.5 Å². The molecule has 1 aliphatic carbocycles. The van der Waals surface area contributed by atoms with Gasteiger partial charge < -0.3 is 15.2 Å². The molecule has 3 rings (SSSR count). The van der Waals surface area contributed by atoms with Crippen molar-refractivity contribution in [3.63, 3.8) is 0 Å². The van der Waals surface area contributed by atoms with E-state index in [1.54, 1.807) is 0 Å². The van der Waals surface area contributed by atoms with Crippen LogP contribution in [0, 0.1) is 5.92 Å². The molecule has 0 bridgehead atoms. The number of piperidine rings is 1. The highest BCUT2D eigenvalue weighted by Crippen LogP contribution is 2.26. The summed E-state index contributed by atoms with van der Waals surface area (Å²) in [5, 5.41) is 14.1. The van der Waals surface area contributed by atoms with Crippen molar-refractivity contribution in [1.29, 1.82) is 0 Å². The second-order valence-electron chi connectivity index (χ2n) is 8.09. The van der Waals surface area contributed by atoms with Gasteiger partial charge in [0.05, 0.1) is 6.10 Å². The van der Waals surface area contributed by atoms with Crippen LogP contribution in [0.1, 0.15) is 64.7 Å². The summed E-state index contributed by atoms with van der Waals surface area (Å²) in [6.45, 7) is 6.58. The van der Waals surface area contributed by atoms with Crippen molar-refractivity contribution < 1.29 is 9.84 Å². The van der Waals surface area contributed by atoms with Gasteiger partial charge in [-0.2, -0.15) is 0 Å². The maximum Gasteiger partial charge on any atom is 0.0695 e. The highest BCUT2D eigenvalue weighted by Gasteiger charge is 2.31. The molecule has 2 saturated heterocycles. The summed E-state index contributed by atoms with van der Waals surface area (Å²) in [6.07, 6.45) is 10.9. The zero-order valence-electron chi connectivity index (χ0n) is 14.9. The molecule has 0 spiro atoms. The van der Waals surface area contributed by atoms with Crippen LogP contribution in [0.25, 0.3) is 0 Å². The van der Waals surface area contributed by atoms with Gasteiger partial charge in [0.2, 0.25) is 0 Å². The largest absolute Gasteiger partial charge is 0.391 e. The number of nitrogens with zero attached hydrogens (tertiary/aromatic N) is 1. The number of rotatable bonds is 5. The number of aliphatic hydroxyl groups excluding tert-OH is 1. The number of ether oxygens (including phenoxy) is 1. The molecule has 3 aliphatic rings. The average molecular weight is 325 g/mol. The quantitative estimate of drug-likeness (QED) is 0.816. The Morgan fingerprint density at radius 3 is 2.43 bits per heavy atom. The Hall–Kier alpha value is -0.160. The van der Waals surface area contributed by atoms with Crippen molar-refractivity contribution in [1.82, 2.24) is 10.2 Å². The maximum atomic E-state index is 10.2. The second-order valence-corrected chi connectivity index (χ2v) is 8.09. The van der Waals surface area contributed by atoms with E-state index in [9.17, 15) is 5.11 Å². The minimum atomic E-state index is -0.0827. The van der Waals surface area contributed by atoms with E-state index in [1.165, 1.54) is 51.4 Å². The lowest BCUT2D eigenvalue weighted by molar-refractivity contribution is 0.00627. The molecule has 1 saturated carbocycles. The molecule has 23 heavy (non-hydrogen) atoms. The van der Waals surface area contributed by atoms with Crippen molar-refractivity contribution in [2.24, 2.45) is 5.92 Å². The summed E-state index contributed by atoms with van der Waals surface area (Å²) >= 11 is 0. The molecule has 4 heteroatoms. The van der Waals surface area contributed by atoms with E-state index >= 15 is 0 Å². The van der Waals surface area contributed by atoms with E-state index in [2.05, 4.69) is 17.1 Å². The lowest BCUT2D eigenvalue weighted by Crippen LogP contribution is -2.52. The van der Waals surface area contributed by atoms with Gasteiger partial charge in [-0.15, -0.1) is 0 Å². The van der Waals surface area contributed by atoms with E-state index in [0.29, 0.717) is 18.1 Å². The predicted molar refractivity (Wildman–Crippen MR) is 93.6 cm³/mol. The van der Waals surface area contributed by atoms with Crippen molar-refractivity contribution in [2.45, 2.75) is 88.9 Å². The van der Waals surface area contributed by atoms with E-state index < -0.39 is 0 Å². The molecule has 3 atom stereocenters. The number of hydrogen-bond donors (Lipinski definition) is 2. The zero-order chi connectivity index (χ0) is 16.1. The Bertz CT molecular complexity index is 338. The highest BCUT2D eigenvalue weighted by atomic mass is 16.5. The van der Waals surface area contributed by atoms with Crippen LogP contribution in [0.3, 0.4) is 0 Å². The molecule has 0 aromatic carbocycles. The first-order valence-electron chi connectivity index (χ1n) is 9.98. The molecule has 134 valence electrons. The van der Waals surface area contributed by atoms with Gasteiger partial charge in [0.1, 0.15) is 0 Å². The summed E-state index contributed by atoms with van der Waals surface area (Å²) < 4.78 is 5.46. The number of aliphatic hydroxyl groups is 1. The van der Waals surface area contributed by atoms with Crippen LogP contribution >= 0.6 is 0 Å². The fourth-order valence-corrected chi connectivity index (χ4v) is 4.87. The molecule has 0 amide bonds.